The number of anilines is 3. The topological polar surface area (TPSA) is 86.3 Å². The highest BCUT2D eigenvalue weighted by Crippen LogP contribution is 2.38. The number of carbonyl (C=O) groups excluding carboxylic acids is 2. The van der Waals surface area contributed by atoms with Crippen LogP contribution in [0.1, 0.15) is 24.2 Å². The van der Waals surface area contributed by atoms with Crippen LogP contribution in [0, 0.1) is 0 Å². The van der Waals surface area contributed by atoms with Crippen molar-refractivity contribution in [1.29, 1.82) is 0 Å². The molecule has 0 unspecified atom stereocenters. The molecule has 8 nitrogen and oxygen atoms in total. The van der Waals surface area contributed by atoms with E-state index < -0.39 is 18.5 Å². The number of nitrogens with one attached hydrogen (secondary N) is 1. The summed E-state index contributed by atoms with van der Waals surface area (Å²) in [7, 11) is 4.37. The minimum atomic E-state index is -0.690. The van der Waals surface area contributed by atoms with Crippen molar-refractivity contribution in [3.05, 3.63) is 72.3 Å². The number of rotatable bonds is 10. The van der Waals surface area contributed by atoms with Crippen LogP contribution in [0.15, 0.2) is 66.7 Å². The Bertz CT molecular complexity index is 1120. The molecule has 0 heterocycles. The maximum absolute atomic E-state index is 12.5. The average Bonchev–Trinajstić information content (AvgIpc) is 2.87. The Balaban J connectivity index is 1.62. The molecule has 0 radical (unpaired) electrons. The molecule has 0 saturated carbocycles. The van der Waals surface area contributed by atoms with Gasteiger partial charge in [-0.2, -0.15) is 0 Å². The van der Waals surface area contributed by atoms with Crippen LogP contribution in [0.2, 0.25) is 0 Å². The highest BCUT2D eigenvalue weighted by atomic mass is 16.5. The fraction of sp³-hybridized carbons (Fsp3) is 0.259. The van der Waals surface area contributed by atoms with E-state index in [0.29, 0.717) is 22.9 Å². The molecule has 0 fully saturated rings. The molecule has 0 bridgehead atoms. The van der Waals surface area contributed by atoms with Crippen molar-refractivity contribution in [1.82, 2.24) is 0 Å². The van der Waals surface area contributed by atoms with Gasteiger partial charge in [-0.1, -0.05) is 18.2 Å². The normalized spacial score (nSPS) is 10.5. The monoisotopic (exact) mass is 478 g/mol. The van der Waals surface area contributed by atoms with Gasteiger partial charge < -0.3 is 29.2 Å². The number of nitrogens with zero attached hydrogens (tertiary/aromatic N) is 1. The first-order valence-corrected chi connectivity index (χ1v) is 11.1. The molecule has 3 aromatic rings. The molecule has 1 N–H and O–H groups in total. The molecular formula is C27H30N2O6. The number of esters is 1. The van der Waals surface area contributed by atoms with Gasteiger partial charge >= 0.3 is 5.97 Å². The smallest absolute Gasteiger partial charge is 0.338 e. The van der Waals surface area contributed by atoms with Gasteiger partial charge in [0.15, 0.2) is 18.1 Å². The lowest BCUT2D eigenvalue weighted by Gasteiger charge is -2.29. The third-order valence-corrected chi connectivity index (χ3v) is 5.21. The van der Waals surface area contributed by atoms with E-state index in [1.807, 2.05) is 42.5 Å². The molecule has 8 heteroatoms. The second-order valence-corrected chi connectivity index (χ2v) is 7.88. The van der Waals surface area contributed by atoms with Crippen LogP contribution in [0.3, 0.4) is 0 Å². The molecular weight excluding hydrogens is 448 g/mol. The summed E-state index contributed by atoms with van der Waals surface area (Å²) in [5.41, 5.74) is 2.85. The molecule has 0 spiro atoms. The zero-order chi connectivity index (χ0) is 25.4. The van der Waals surface area contributed by atoms with Gasteiger partial charge in [0.2, 0.25) is 5.75 Å². The lowest BCUT2D eigenvalue weighted by atomic mass is 10.2. The van der Waals surface area contributed by atoms with Gasteiger partial charge in [-0.25, -0.2) is 4.79 Å². The second kappa shape index (κ2) is 11.8. The molecule has 0 aliphatic carbocycles. The van der Waals surface area contributed by atoms with Crippen molar-refractivity contribution in [3.8, 4) is 17.2 Å². The number of para-hydroxylation sites is 1. The highest BCUT2D eigenvalue weighted by Gasteiger charge is 2.19. The molecule has 184 valence electrons. The quantitative estimate of drug-likeness (QED) is 0.408. The van der Waals surface area contributed by atoms with Crippen LogP contribution >= 0.6 is 0 Å². The van der Waals surface area contributed by atoms with Gasteiger partial charge in [0, 0.05) is 23.1 Å². The summed E-state index contributed by atoms with van der Waals surface area (Å²) >= 11 is 0. The van der Waals surface area contributed by atoms with E-state index in [1.165, 1.54) is 33.5 Å². The highest BCUT2D eigenvalue weighted by molar-refractivity contribution is 5.96. The predicted octanol–water partition coefficient (Wildman–Crippen LogP) is 5.05. The van der Waals surface area contributed by atoms with Crippen LogP contribution in [0.25, 0.3) is 0 Å². The van der Waals surface area contributed by atoms with Crippen LogP contribution in [-0.2, 0) is 9.53 Å². The van der Waals surface area contributed by atoms with Gasteiger partial charge in [0.25, 0.3) is 5.91 Å². The van der Waals surface area contributed by atoms with E-state index in [2.05, 4.69) is 36.2 Å². The van der Waals surface area contributed by atoms with E-state index in [-0.39, 0.29) is 11.6 Å². The Morgan fingerprint density at radius 1 is 0.829 bits per heavy atom. The SMILES string of the molecule is COc1cc(C(=O)OCC(=O)Nc2ccc(N(c3ccccc3)C(C)C)cc2)cc(OC)c1OC. The standard InChI is InChI=1S/C27H30N2O6/c1-18(2)29(21-9-7-6-8-10-21)22-13-11-20(12-14-22)28-25(30)17-35-27(31)19-15-23(32-3)26(34-5)24(16-19)33-4/h6-16,18H,17H2,1-5H3,(H,28,30). The van der Waals surface area contributed by atoms with Crippen molar-refractivity contribution in [2.75, 3.05) is 38.2 Å². The third-order valence-electron chi connectivity index (χ3n) is 5.21. The summed E-state index contributed by atoms with van der Waals surface area (Å²) < 4.78 is 20.9. The van der Waals surface area contributed by atoms with Crippen molar-refractivity contribution in [3.63, 3.8) is 0 Å². The Kier molecular flexibility index (Phi) is 8.56. The van der Waals surface area contributed by atoms with Crippen LogP contribution in [0.4, 0.5) is 17.1 Å². The van der Waals surface area contributed by atoms with Crippen LogP contribution < -0.4 is 24.4 Å². The number of amides is 1. The molecule has 0 atom stereocenters. The van der Waals surface area contributed by atoms with Crippen molar-refractivity contribution in [2.24, 2.45) is 0 Å². The Hall–Kier alpha value is -4.20. The fourth-order valence-electron chi connectivity index (χ4n) is 3.65. The first-order chi connectivity index (χ1) is 16.9. The molecule has 0 aromatic heterocycles. The average molecular weight is 479 g/mol. The molecule has 3 rings (SSSR count). The number of carbonyl (C=O) groups is 2. The molecule has 0 saturated heterocycles. The van der Waals surface area contributed by atoms with E-state index in [4.69, 9.17) is 18.9 Å². The minimum absolute atomic E-state index is 0.173. The summed E-state index contributed by atoms with van der Waals surface area (Å²) in [5, 5.41) is 2.74. The predicted molar refractivity (Wildman–Crippen MR) is 135 cm³/mol. The van der Waals surface area contributed by atoms with E-state index >= 15 is 0 Å². The Morgan fingerprint density at radius 3 is 1.91 bits per heavy atom. The first-order valence-electron chi connectivity index (χ1n) is 11.1. The maximum Gasteiger partial charge on any atom is 0.338 e. The van der Waals surface area contributed by atoms with Gasteiger partial charge in [0.05, 0.1) is 26.9 Å². The van der Waals surface area contributed by atoms with Crippen LogP contribution in [-0.4, -0.2) is 45.9 Å². The molecule has 0 aliphatic heterocycles. The molecule has 35 heavy (non-hydrogen) atoms. The lowest BCUT2D eigenvalue weighted by Crippen LogP contribution is -2.25. The van der Waals surface area contributed by atoms with Gasteiger partial charge in [-0.05, 0) is 62.4 Å². The van der Waals surface area contributed by atoms with E-state index in [9.17, 15) is 9.59 Å². The minimum Gasteiger partial charge on any atom is -0.493 e. The number of hydrogen-bond acceptors (Lipinski definition) is 7. The third kappa shape index (κ3) is 6.23. The Labute approximate surface area is 205 Å². The number of methoxy groups -OCH3 is 3. The largest absolute Gasteiger partial charge is 0.493 e. The van der Waals surface area contributed by atoms with Crippen molar-refractivity contribution in [2.45, 2.75) is 19.9 Å². The van der Waals surface area contributed by atoms with E-state index in [0.717, 1.165) is 11.4 Å². The number of hydrogen-bond donors (Lipinski definition) is 1. The fourth-order valence-corrected chi connectivity index (χ4v) is 3.65. The van der Waals surface area contributed by atoms with Gasteiger partial charge in [-0.15, -0.1) is 0 Å². The summed E-state index contributed by atoms with van der Waals surface area (Å²) in [6.45, 7) is 3.79. The van der Waals surface area contributed by atoms with Gasteiger partial charge in [0.1, 0.15) is 0 Å². The lowest BCUT2D eigenvalue weighted by molar-refractivity contribution is -0.119. The van der Waals surface area contributed by atoms with Gasteiger partial charge in [-0.3, -0.25) is 4.79 Å². The number of benzene rings is 3. The first kappa shape index (κ1) is 25.4. The molecule has 1 amide bonds. The zero-order valence-corrected chi connectivity index (χ0v) is 20.5. The van der Waals surface area contributed by atoms with Crippen molar-refractivity contribution >= 4 is 28.9 Å². The number of ether oxygens (including phenoxy) is 4. The maximum atomic E-state index is 12.5. The Morgan fingerprint density at radius 2 is 1.40 bits per heavy atom. The summed E-state index contributed by atoms with van der Waals surface area (Å²) in [6.07, 6.45) is 0. The second-order valence-electron chi connectivity index (χ2n) is 7.88. The zero-order valence-electron chi connectivity index (χ0n) is 20.5. The van der Waals surface area contributed by atoms with Crippen LogP contribution in [0.5, 0.6) is 17.2 Å². The molecule has 3 aromatic carbocycles. The summed E-state index contributed by atoms with van der Waals surface area (Å²) in [5.74, 6) is -0.160. The summed E-state index contributed by atoms with van der Waals surface area (Å²) in [6, 6.07) is 20.8. The van der Waals surface area contributed by atoms with E-state index in [1.54, 1.807) is 0 Å². The van der Waals surface area contributed by atoms with Crippen molar-refractivity contribution < 1.29 is 28.5 Å². The summed E-state index contributed by atoms with van der Waals surface area (Å²) in [4.78, 5) is 27.1. The molecule has 0 aliphatic rings.